The van der Waals surface area contributed by atoms with Crippen molar-refractivity contribution in [1.82, 2.24) is 4.90 Å². The van der Waals surface area contributed by atoms with Gasteiger partial charge in [0, 0.05) is 34.2 Å². The molecule has 1 rings (SSSR count). The first kappa shape index (κ1) is 13.5. The van der Waals surface area contributed by atoms with Gasteiger partial charge in [0.1, 0.15) is 5.84 Å². The summed E-state index contributed by atoms with van der Waals surface area (Å²) in [6.45, 7) is 4.77. The van der Waals surface area contributed by atoms with Gasteiger partial charge in [-0.1, -0.05) is 12.1 Å². The molecule has 16 heavy (non-hydrogen) atoms. The topological polar surface area (TPSA) is 61.8 Å². The Morgan fingerprint density at radius 1 is 1.69 bits per heavy atom. The van der Waals surface area contributed by atoms with E-state index in [-0.39, 0.29) is 5.84 Å². The fraction of sp³-hybridized carbons (Fsp3) is 0.500. The van der Waals surface area contributed by atoms with E-state index in [4.69, 9.17) is 10.9 Å². The van der Waals surface area contributed by atoms with Crippen molar-refractivity contribution >= 4 is 33.1 Å². The predicted molar refractivity (Wildman–Crippen MR) is 71.0 cm³/mol. The molecule has 0 unspecified atom stereocenters. The standard InChI is InChI=1S/C10H16BrN3OS/c1-2-14(4-3-10(12)13-15)6-9-5-8(11)7-16-9/h5,7,15H,2-4,6H2,1H3,(H2,12,13). The molecule has 0 atom stereocenters. The number of thiophene rings is 1. The number of amidine groups is 1. The van der Waals surface area contributed by atoms with Crippen LogP contribution in [0, 0.1) is 0 Å². The minimum Gasteiger partial charge on any atom is -0.409 e. The number of halogens is 1. The number of rotatable bonds is 6. The highest BCUT2D eigenvalue weighted by molar-refractivity contribution is 9.10. The van der Waals surface area contributed by atoms with Crippen LogP contribution in [-0.2, 0) is 6.54 Å². The summed E-state index contributed by atoms with van der Waals surface area (Å²) >= 11 is 5.17. The van der Waals surface area contributed by atoms with Crippen LogP contribution in [0.25, 0.3) is 0 Å². The van der Waals surface area contributed by atoms with Gasteiger partial charge < -0.3 is 10.9 Å². The number of hydrogen-bond donors (Lipinski definition) is 2. The summed E-state index contributed by atoms with van der Waals surface area (Å²) < 4.78 is 1.12. The van der Waals surface area contributed by atoms with Gasteiger partial charge in [0.05, 0.1) is 0 Å². The second-order valence-electron chi connectivity index (χ2n) is 3.44. The average molecular weight is 306 g/mol. The van der Waals surface area contributed by atoms with Crippen molar-refractivity contribution < 1.29 is 5.21 Å². The Labute approximate surface area is 108 Å². The molecule has 1 aromatic rings. The van der Waals surface area contributed by atoms with Gasteiger partial charge in [0.2, 0.25) is 0 Å². The molecule has 4 nitrogen and oxygen atoms in total. The van der Waals surface area contributed by atoms with Crippen LogP contribution in [-0.4, -0.2) is 29.0 Å². The molecule has 0 spiro atoms. The molecule has 0 saturated carbocycles. The molecule has 90 valence electrons. The summed E-state index contributed by atoms with van der Waals surface area (Å²) in [6.07, 6.45) is 0.594. The van der Waals surface area contributed by atoms with Crippen molar-refractivity contribution in [2.45, 2.75) is 19.9 Å². The van der Waals surface area contributed by atoms with Gasteiger partial charge in [0.15, 0.2) is 0 Å². The van der Waals surface area contributed by atoms with Gasteiger partial charge in [-0.05, 0) is 28.5 Å². The van der Waals surface area contributed by atoms with E-state index in [9.17, 15) is 0 Å². The third-order valence-electron chi connectivity index (χ3n) is 2.26. The lowest BCUT2D eigenvalue weighted by Crippen LogP contribution is -2.27. The summed E-state index contributed by atoms with van der Waals surface area (Å²) in [5.74, 6) is 0.283. The first-order valence-electron chi connectivity index (χ1n) is 5.07. The summed E-state index contributed by atoms with van der Waals surface area (Å²) in [4.78, 5) is 3.57. The zero-order valence-electron chi connectivity index (χ0n) is 9.19. The Hall–Kier alpha value is -0.590. The maximum Gasteiger partial charge on any atom is 0.140 e. The van der Waals surface area contributed by atoms with Gasteiger partial charge >= 0.3 is 0 Å². The molecule has 0 amide bonds. The zero-order valence-corrected chi connectivity index (χ0v) is 11.6. The van der Waals surface area contributed by atoms with Gasteiger partial charge in [0.25, 0.3) is 0 Å². The molecule has 0 aliphatic heterocycles. The van der Waals surface area contributed by atoms with Crippen LogP contribution in [0.1, 0.15) is 18.2 Å². The van der Waals surface area contributed by atoms with Crippen LogP contribution in [0.2, 0.25) is 0 Å². The Kier molecular flexibility index (Phi) is 5.79. The molecule has 0 bridgehead atoms. The van der Waals surface area contributed by atoms with E-state index in [2.05, 4.69) is 44.4 Å². The number of oxime groups is 1. The van der Waals surface area contributed by atoms with E-state index in [0.29, 0.717) is 6.42 Å². The molecule has 0 saturated heterocycles. The van der Waals surface area contributed by atoms with E-state index >= 15 is 0 Å². The largest absolute Gasteiger partial charge is 0.409 e. The van der Waals surface area contributed by atoms with E-state index < -0.39 is 0 Å². The van der Waals surface area contributed by atoms with Crippen molar-refractivity contribution in [3.8, 4) is 0 Å². The highest BCUT2D eigenvalue weighted by Gasteiger charge is 2.06. The molecule has 0 aliphatic carbocycles. The van der Waals surface area contributed by atoms with Crippen molar-refractivity contribution in [3.63, 3.8) is 0 Å². The normalized spacial score (nSPS) is 12.3. The predicted octanol–water partition coefficient (Wildman–Crippen LogP) is 2.47. The van der Waals surface area contributed by atoms with Gasteiger partial charge in [-0.25, -0.2) is 0 Å². The maximum absolute atomic E-state index is 8.45. The maximum atomic E-state index is 8.45. The third-order valence-corrected chi connectivity index (χ3v) is 3.94. The van der Waals surface area contributed by atoms with Crippen LogP contribution in [0.15, 0.2) is 21.1 Å². The summed E-state index contributed by atoms with van der Waals surface area (Å²) in [5, 5.41) is 13.5. The molecule has 0 fully saturated rings. The van der Waals surface area contributed by atoms with Crippen LogP contribution in [0.5, 0.6) is 0 Å². The molecule has 0 aliphatic rings. The zero-order chi connectivity index (χ0) is 12.0. The van der Waals surface area contributed by atoms with Crippen LogP contribution in [0.4, 0.5) is 0 Å². The minimum atomic E-state index is 0.283. The summed E-state index contributed by atoms with van der Waals surface area (Å²) in [7, 11) is 0. The third kappa shape index (κ3) is 4.51. The lowest BCUT2D eigenvalue weighted by Gasteiger charge is -2.18. The van der Waals surface area contributed by atoms with Crippen molar-refractivity contribution in [1.29, 1.82) is 0 Å². The lowest BCUT2D eigenvalue weighted by atomic mass is 10.3. The van der Waals surface area contributed by atoms with E-state index in [1.165, 1.54) is 4.88 Å². The second-order valence-corrected chi connectivity index (χ2v) is 5.35. The van der Waals surface area contributed by atoms with Crippen LogP contribution in [0.3, 0.4) is 0 Å². The van der Waals surface area contributed by atoms with Crippen LogP contribution < -0.4 is 5.73 Å². The van der Waals surface area contributed by atoms with E-state index in [1.807, 2.05) is 0 Å². The quantitative estimate of drug-likeness (QED) is 0.367. The molecular formula is C10H16BrN3OS. The summed E-state index contributed by atoms with van der Waals surface area (Å²) in [6, 6.07) is 2.12. The van der Waals surface area contributed by atoms with Crippen LogP contribution >= 0.6 is 27.3 Å². The van der Waals surface area contributed by atoms with Crippen molar-refractivity contribution in [3.05, 3.63) is 20.8 Å². The Bertz CT molecular complexity index is 354. The smallest absolute Gasteiger partial charge is 0.140 e. The molecular weight excluding hydrogens is 290 g/mol. The van der Waals surface area contributed by atoms with Gasteiger partial charge in [-0.3, -0.25) is 4.90 Å². The number of hydrogen-bond acceptors (Lipinski definition) is 4. The minimum absolute atomic E-state index is 0.283. The molecule has 6 heteroatoms. The number of nitrogens with two attached hydrogens (primary N) is 1. The Morgan fingerprint density at radius 3 is 2.94 bits per heavy atom. The second kappa shape index (κ2) is 6.88. The highest BCUT2D eigenvalue weighted by atomic mass is 79.9. The van der Waals surface area contributed by atoms with Gasteiger partial charge in [-0.15, -0.1) is 11.3 Å². The first-order valence-corrected chi connectivity index (χ1v) is 6.74. The highest BCUT2D eigenvalue weighted by Crippen LogP contribution is 2.21. The number of nitrogens with zero attached hydrogens (tertiary/aromatic N) is 2. The van der Waals surface area contributed by atoms with E-state index in [1.54, 1.807) is 11.3 Å². The summed E-state index contributed by atoms with van der Waals surface area (Å²) in [5.41, 5.74) is 5.44. The SMILES string of the molecule is CCN(CCC(N)=NO)Cc1cc(Br)cs1. The molecule has 3 N–H and O–H groups in total. The molecule has 0 aromatic carbocycles. The Balaban J connectivity index is 2.43. The molecule has 0 radical (unpaired) electrons. The van der Waals surface area contributed by atoms with E-state index in [0.717, 1.165) is 24.1 Å². The van der Waals surface area contributed by atoms with Gasteiger partial charge in [-0.2, -0.15) is 0 Å². The fourth-order valence-corrected chi connectivity index (χ4v) is 2.82. The first-order chi connectivity index (χ1) is 7.65. The monoisotopic (exact) mass is 305 g/mol. The Morgan fingerprint density at radius 2 is 2.44 bits per heavy atom. The van der Waals surface area contributed by atoms with Crippen molar-refractivity contribution in [2.24, 2.45) is 10.9 Å². The lowest BCUT2D eigenvalue weighted by molar-refractivity contribution is 0.285. The average Bonchev–Trinajstić information content (AvgIpc) is 2.69. The fourth-order valence-electron chi connectivity index (χ4n) is 1.33. The van der Waals surface area contributed by atoms with Crippen molar-refractivity contribution in [2.75, 3.05) is 13.1 Å². The molecule has 1 aromatic heterocycles. The molecule has 1 heterocycles.